The molecule has 4 nitrogen and oxygen atoms in total. The molecule has 0 fully saturated rings. The maximum absolute atomic E-state index is 5.57. The molecule has 10 heavy (non-hydrogen) atoms. The van der Waals surface area contributed by atoms with Crippen LogP contribution in [0.3, 0.4) is 0 Å². The molecule has 1 aromatic rings. The molecular weight excluding hydrogens is 154 g/mol. The third-order valence-electron chi connectivity index (χ3n) is 0.915. The Morgan fingerprint density at radius 1 is 1.60 bits per heavy atom. The minimum atomic E-state index is 0. The van der Waals surface area contributed by atoms with E-state index >= 15 is 0 Å². The summed E-state index contributed by atoms with van der Waals surface area (Å²) in [6.45, 7) is 0. The van der Waals surface area contributed by atoms with Crippen molar-refractivity contribution in [2.24, 2.45) is 5.84 Å². The lowest BCUT2D eigenvalue weighted by Gasteiger charge is -1.98. The molecule has 0 aromatic carbocycles. The Bertz CT molecular complexity index is 206. The number of rotatable bonds is 1. The number of hydrazine groups is 1. The highest BCUT2D eigenvalue weighted by Gasteiger charge is 1.93. The van der Waals surface area contributed by atoms with Crippen LogP contribution in [0.2, 0.25) is 5.15 Å². The van der Waals surface area contributed by atoms with Gasteiger partial charge in [0.25, 0.3) is 0 Å². The van der Waals surface area contributed by atoms with Gasteiger partial charge in [0, 0.05) is 6.20 Å². The highest BCUT2D eigenvalue weighted by Crippen LogP contribution is 2.14. The van der Waals surface area contributed by atoms with Crippen LogP contribution in [0.15, 0.2) is 18.3 Å². The van der Waals surface area contributed by atoms with Gasteiger partial charge in [-0.3, -0.25) is 5.84 Å². The van der Waals surface area contributed by atoms with E-state index < -0.39 is 0 Å². The quantitative estimate of drug-likeness (QED) is 0.351. The summed E-state index contributed by atoms with van der Waals surface area (Å²) in [5, 5.41) is 0.389. The maximum Gasteiger partial charge on any atom is 0.153 e. The number of nitrogens with two attached hydrogens (primary N) is 1. The molecule has 1 rings (SSSR count). The Kier molecular flexibility index (Phi) is 3.71. The molecule has 0 spiro atoms. The molecule has 0 amide bonds. The van der Waals surface area contributed by atoms with E-state index in [4.69, 9.17) is 17.4 Å². The zero-order valence-corrected chi connectivity index (χ0v) is 5.89. The Morgan fingerprint density at radius 2 is 2.30 bits per heavy atom. The first-order valence-corrected chi connectivity index (χ1v) is 2.79. The van der Waals surface area contributed by atoms with E-state index in [1.54, 1.807) is 18.3 Å². The van der Waals surface area contributed by atoms with Gasteiger partial charge in [-0.05, 0) is 12.1 Å². The van der Waals surface area contributed by atoms with Crippen LogP contribution in [0.1, 0.15) is 0 Å². The lowest BCUT2D eigenvalue weighted by Crippen LogP contribution is -2.07. The van der Waals surface area contributed by atoms with Crippen LogP contribution in [0.5, 0.6) is 0 Å². The second-order valence-corrected chi connectivity index (χ2v) is 1.84. The Balaban J connectivity index is 0.000000810. The number of nitrogens with zero attached hydrogens (tertiary/aromatic N) is 1. The monoisotopic (exact) mass is 161 g/mol. The van der Waals surface area contributed by atoms with Crippen LogP contribution in [0.25, 0.3) is 0 Å². The smallest absolute Gasteiger partial charge is 0.153 e. The van der Waals surface area contributed by atoms with E-state index in [1.165, 1.54) is 0 Å². The molecule has 1 heterocycles. The standard InChI is InChI=1S/C5H6ClN3.H2O/c6-5-4(9-7)2-1-3-8-5;/h1-3,9H,7H2;1H2. The molecule has 5 heteroatoms. The average Bonchev–Trinajstić information content (AvgIpc) is 1.89. The van der Waals surface area contributed by atoms with Gasteiger partial charge in [-0.2, -0.15) is 0 Å². The van der Waals surface area contributed by atoms with Gasteiger partial charge in [0.05, 0.1) is 5.69 Å². The molecule has 1 aromatic heterocycles. The molecule has 0 aliphatic heterocycles. The SMILES string of the molecule is NNc1cccnc1Cl.O. The number of nitrogen functional groups attached to an aromatic ring is 1. The second kappa shape index (κ2) is 4.05. The topological polar surface area (TPSA) is 82.4 Å². The van der Waals surface area contributed by atoms with Crippen LogP contribution in [-0.4, -0.2) is 10.5 Å². The van der Waals surface area contributed by atoms with E-state index in [-0.39, 0.29) is 5.48 Å². The number of pyridine rings is 1. The van der Waals surface area contributed by atoms with Crippen molar-refractivity contribution in [1.29, 1.82) is 0 Å². The van der Waals surface area contributed by atoms with Crippen LogP contribution in [-0.2, 0) is 0 Å². The summed E-state index contributed by atoms with van der Waals surface area (Å²) in [5.41, 5.74) is 3.04. The largest absolute Gasteiger partial charge is 0.412 e. The van der Waals surface area contributed by atoms with Gasteiger partial charge >= 0.3 is 0 Å². The molecule has 0 unspecified atom stereocenters. The minimum Gasteiger partial charge on any atom is -0.412 e. The minimum absolute atomic E-state index is 0. The number of aromatic nitrogens is 1. The first-order chi connectivity index (χ1) is 4.34. The number of halogens is 1. The normalized spacial score (nSPS) is 8.20. The van der Waals surface area contributed by atoms with Gasteiger partial charge in [0.1, 0.15) is 0 Å². The van der Waals surface area contributed by atoms with Crippen molar-refractivity contribution < 1.29 is 5.48 Å². The summed E-state index contributed by atoms with van der Waals surface area (Å²) < 4.78 is 0. The number of nitrogens with one attached hydrogen (secondary N) is 1. The Morgan fingerprint density at radius 3 is 2.70 bits per heavy atom. The first kappa shape index (κ1) is 9.16. The van der Waals surface area contributed by atoms with Gasteiger partial charge in [-0.25, -0.2) is 4.98 Å². The number of hydrogen-bond acceptors (Lipinski definition) is 3. The highest BCUT2D eigenvalue weighted by atomic mass is 35.5. The molecule has 0 bridgehead atoms. The van der Waals surface area contributed by atoms with Crippen molar-refractivity contribution in [2.45, 2.75) is 0 Å². The lowest BCUT2D eigenvalue weighted by molar-refractivity contribution is 0.824. The van der Waals surface area contributed by atoms with E-state index in [0.29, 0.717) is 10.8 Å². The van der Waals surface area contributed by atoms with Gasteiger partial charge in [0.15, 0.2) is 5.15 Å². The van der Waals surface area contributed by atoms with Gasteiger partial charge in [-0.15, -0.1) is 0 Å². The Labute approximate surface area is 63.3 Å². The van der Waals surface area contributed by atoms with E-state index in [9.17, 15) is 0 Å². The summed E-state index contributed by atoms with van der Waals surface area (Å²) in [6, 6.07) is 3.50. The fourth-order valence-corrected chi connectivity index (χ4v) is 0.668. The van der Waals surface area contributed by atoms with Crippen molar-refractivity contribution in [3.8, 4) is 0 Å². The molecule has 0 saturated carbocycles. The van der Waals surface area contributed by atoms with Gasteiger partial charge in [0.2, 0.25) is 0 Å². The van der Waals surface area contributed by atoms with Crippen LogP contribution >= 0.6 is 11.6 Å². The molecule has 0 aliphatic rings. The van der Waals surface area contributed by atoms with Gasteiger partial charge < -0.3 is 10.9 Å². The number of anilines is 1. The third-order valence-corrected chi connectivity index (χ3v) is 1.22. The predicted octanol–water partition coefficient (Wildman–Crippen LogP) is 0.196. The van der Waals surface area contributed by atoms with Crippen molar-refractivity contribution in [3.05, 3.63) is 23.5 Å². The van der Waals surface area contributed by atoms with E-state index in [0.717, 1.165) is 0 Å². The lowest BCUT2D eigenvalue weighted by atomic mass is 10.4. The van der Waals surface area contributed by atoms with Gasteiger partial charge in [-0.1, -0.05) is 11.6 Å². The Hall–Kier alpha value is -0.840. The summed E-state index contributed by atoms with van der Waals surface area (Å²) in [5.74, 6) is 5.08. The second-order valence-electron chi connectivity index (χ2n) is 1.49. The van der Waals surface area contributed by atoms with Crippen LogP contribution < -0.4 is 11.3 Å². The fourth-order valence-electron chi connectivity index (χ4n) is 0.494. The molecule has 0 saturated heterocycles. The van der Waals surface area contributed by atoms with Crippen molar-refractivity contribution in [1.82, 2.24) is 4.98 Å². The van der Waals surface area contributed by atoms with E-state index in [1.807, 2.05) is 0 Å². The summed E-state index contributed by atoms with van der Waals surface area (Å²) >= 11 is 5.57. The molecular formula is C5H8ClN3O. The first-order valence-electron chi connectivity index (χ1n) is 2.41. The summed E-state index contributed by atoms with van der Waals surface area (Å²) in [7, 11) is 0. The summed E-state index contributed by atoms with van der Waals surface area (Å²) in [6.07, 6.45) is 1.60. The number of hydrogen-bond donors (Lipinski definition) is 2. The highest BCUT2D eigenvalue weighted by molar-refractivity contribution is 6.31. The molecule has 0 aliphatic carbocycles. The zero-order chi connectivity index (χ0) is 6.69. The van der Waals surface area contributed by atoms with Crippen LogP contribution in [0, 0.1) is 0 Å². The van der Waals surface area contributed by atoms with Crippen LogP contribution in [0.4, 0.5) is 5.69 Å². The van der Waals surface area contributed by atoms with Crippen molar-refractivity contribution in [3.63, 3.8) is 0 Å². The molecule has 5 N–H and O–H groups in total. The van der Waals surface area contributed by atoms with Crippen molar-refractivity contribution in [2.75, 3.05) is 5.43 Å². The zero-order valence-electron chi connectivity index (χ0n) is 5.13. The summed E-state index contributed by atoms with van der Waals surface area (Å²) in [4.78, 5) is 3.77. The molecule has 0 radical (unpaired) electrons. The van der Waals surface area contributed by atoms with E-state index in [2.05, 4.69) is 10.4 Å². The molecule has 0 atom stereocenters. The maximum atomic E-state index is 5.57. The third kappa shape index (κ3) is 1.84. The predicted molar refractivity (Wildman–Crippen MR) is 40.7 cm³/mol. The average molecular weight is 162 g/mol. The molecule has 56 valence electrons. The fraction of sp³-hybridized carbons (Fsp3) is 0. The van der Waals surface area contributed by atoms with Crippen molar-refractivity contribution >= 4 is 17.3 Å².